The second-order valence-corrected chi connectivity index (χ2v) is 9.20. The molecule has 3 N–H and O–H groups in total. The van der Waals surface area contributed by atoms with Gasteiger partial charge >= 0.3 is 18.3 Å². The number of amides is 1. The van der Waals surface area contributed by atoms with Gasteiger partial charge in [0.25, 0.3) is 5.91 Å². The van der Waals surface area contributed by atoms with E-state index in [0.29, 0.717) is 18.9 Å². The normalized spacial score (nSPS) is 15.2. The second-order valence-electron chi connectivity index (χ2n) is 9.20. The predicted octanol–water partition coefficient (Wildman–Crippen LogP) is 3.12. The first-order chi connectivity index (χ1) is 19.0. The number of anilines is 1. The number of hydrogen-bond acceptors (Lipinski definition) is 8. The Labute approximate surface area is 228 Å². The van der Waals surface area contributed by atoms with Crippen molar-refractivity contribution < 1.29 is 41.0 Å². The molecule has 1 amide bonds. The topological polar surface area (TPSA) is 166 Å². The summed E-state index contributed by atoms with van der Waals surface area (Å²) in [6, 6.07) is 0.213. The number of aromatic amines is 1. The van der Waals surface area contributed by atoms with Gasteiger partial charge in [0, 0.05) is 36.1 Å². The zero-order chi connectivity index (χ0) is 30.8. The minimum absolute atomic E-state index is 0.216. The van der Waals surface area contributed by atoms with Gasteiger partial charge in [-0.1, -0.05) is 0 Å². The smallest absolute Gasteiger partial charge is 0.475 e. The van der Waals surface area contributed by atoms with E-state index in [2.05, 4.69) is 31.3 Å². The number of carbonyl (C=O) groups excluding carboxylic acids is 1. The predicted molar refractivity (Wildman–Crippen MR) is 128 cm³/mol. The molecule has 4 heterocycles. The van der Waals surface area contributed by atoms with Crippen LogP contribution in [0.25, 0.3) is 11.1 Å². The molecule has 0 spiro atoms. The van der Waals surface area contributed by atoms with E-state index in [1.165, 1.54) is 6.20 Å². The van der Waals surface area contributed by atoms with Gasteiger partial charge in [-0.05, 0) is 20.8 Å². The highest BCUT2D eigenvalue weighted by Crippen LogP contribution is 2.36. The van der Waals surface area contributed by atoms with Gasteiger partial charge in [-0.15, -0.1) is 0 Å². The maximum atomic E-state index is 12.7. The van der Waals surface area contributed by atoms with Crippen LogP contribution in [0.2, 0.25) is 0 Å². The Morgan fingerprint density at radius 3 is 2.27 bits per heavy atom. The molecule has 41 heavy (non-hydrogen) atoms. The summed E-state index contributed by atoms with van der Waals surface area (Å²) >= 11 is 0. The van der Waals surface area contributed by atoms with Gasteiger partial charge < -0.3 is 15.3 Å². The van der Waals surface area contributed by atoms with Crippen molar-refractivity contribution in [2.45, 2.75) is 51.1 Å². The Kier molecular flexibility index (Phi) is 8.60. The minimum atomic E-state index is -5.08. The number of rotatable bonds is 6. The third-order valence-electron chi connectivity index (χ3n) is 6.14. The molecule has 0 bridgehead atoms. The molecule has 3 aromatic rings. The van der Waals surface area contributed by atoms with Crippen molar-refractivity contribution in [3.8, 4) is 17.2 Å². The zero-order valence-electron chi connectivity index (χ0n) is 21.7. The number of aromatic nitrogens is 6. The molecular formula is C23H23F6N9O3. The lowest BCUT2D eigenvalue weighted by Gasteiger charge is -2.49. The van der Waals surface area contributed by atoms with Gasteiger partial charge in [0.15, 0.2) is 0 Å². The van der Waals surface area contributed by atoms with Crippen LogP contribution < -0.4 is 10.2 Å². The molecule has 1 saturated heterocycles. The summed E-state index contributed by atoms with van der Waals surface area (Å²) in [5.41, 5.74) is 2.85. The van der Waals surface area contributed by atoms with E-state index >= 15 is 0 Å². The molecule has 3 aromatic heterocycles. The molecule has 18 heteroatoms. The fraction of sp³-hybridized carbons (Fsp3) is 0.435. The first-order valence-corrected chi connectivity index (χ1v) is 11.7. The van der Waals surface area contributed by atoms with Crippen LogP contribution in [0.1, 0.15) is 35.2 Å². The van der Waals surface area contributed by atoms with E-state index in [0.717, 1.165) is 35.6 Å². The Morgan fingerprint density at radius 2 is 1.80 bits per heavy atom. The number of aryl methyl sites for hydroxylation is 2. The third kappa shape index (κ3) is 6.91. The summed E-state index contributed by atoms with van der Waals surface area (Å²) in [6.45, 7) is 5.53. The van der Waals surface area contributed by atoms with Crippen LogP contribution in [0.5, 0.6) is 0 Å². The average molecular weight is 587 g/mol. The van der Waals surface area contributed by atoms with Crippen molar-refractivity contribution in [2.24, 2.45) is 0 Å². The van der Waals surface area contributed by atoms with E-state index in [1.807, 2.05) is 30.3 Å². The van der Waals surface area contributed by atoms with Gasteiger partial charge in [-0.2, -0.15) is 41.8 Å². The molecule has 1 fully saturated rings. The van der Waals surface area contributed by atoms with Gasteiger partial charge in [-0.25, -0.2) is 14.8 Å². The Bertz CT molecular complexity index is 1420. The lowest BCUT2D eigenvalue weighted by molar-refractivity contribution is -0.192. The Hall–Kier alpha value is -4.69. The number of carbonyl (C=O) groups is 2. The first-order valence-electron chi connectivity index (χ1n) is 11.7. The summed E-state index contributed by atoms with van der Waals surface area (Å²) in [5.74, 6) is -3.27. The fourth-order valence-electron chi connectivity index (χ4n) is 3.95. The van der Waals surface area contributed by atoms with Crippen molar-refractivity contribution in [1.29, 1.82) is 5.26 Å². The van der Waals surface area contributed by atoms with Crippen LogP contribution >= 0.6 is 0 Å². The van der Waals surface area contributed by atoms with Crippen LogP contribution in [0, 0.1) is 25.2 Å². The number of hydrogen-bond donors (Lipinski definition) is 3. The zero-order valence-corrected chi connectivity index (χ0v) is 21.7. The van der Waals surface area contributed by atoms with Crippen molar-refractivity contribution in [2.75, 3.05) is 18.0 Å². The first kappa shape index (κ1) is 30.8. The summed E-state index contributed by atoms with van der Waals surface area (Å²) in [5, 5.41) is 30.0. The molecular weight excluding hydrogens is 564 g/mol. The van der Waals surface area contributed by atoms with Crippen molar-refractivity contribution >= 4 is 17.7 Å². The highest BCUT2D eigenvalue weighted by atomic mass is 19.4. The molecule has 1 aliphatic heterocycles. The molecule has 0 saturated carbocycles. The van der Waals surface area contributed by atoms with Crippen LogP contribution in [-0.4, -0.2) is 78.4 Å². The summed E-state index contributed by atoms with van der Waals surface area (Å²) in [7, 11) is 0. The van der Waals surface area contributed by atoms with Gasteiger partial charge in [-0.3, -0.25) is 14.6 Å². The number of alkyl halides is 6. The molecule has 1 aliphatic rings. The number of carboxylic acids is 1. The average Bonchev–Trinajstić information content (AvgIpc) is 3.46. The maximum absolute atomic E-state index is 12.7. The number of nitrogens with one attached hydrogen (secondary N) is 2. The lowest BCUT2D eigenvalue weighted by atomic mass is 9.87. The molecule has 0 unspecified atom stereocenters. The molecule has 220 valence electrons. The van der Waals surface area contributed by atoms with Crippen molar-refractivity contribution in [3.05, 3.63) is 41.9 Å². The summed E-state index contributed by atoms with van der Waals surface area (Å²) in [6.07, 6.45) is -3.32. The number of nitrogens with zero attached hydrogens (tertiary/aromatic N) is 7. The SMILES string of the molecule is Cc1n[nH]c(C)c1-c1cnn(C2(CC#N)CN(c3cnc(C(=O)N[C@@H](C)C(F)(F)F)cn3)C2)c1.O=C(O)C(F)(F)F. The Morgan fingerprint density at radius 1 is 1.17 bits per heavy atom. The summed E-state index contributed by atoms with van der Waals surface area (Å²) in [4.78, 5) is 30.9. The monoisotopic (exact) mass is 587 g/mol. The van der Waals surface area contributed by atoms with E-state index in [1.54, 1.807) is 10.9 Å². The van der Waals surface area contributed by atoms with Crippen molar-refractivity contribution in [1.82, 2.24) is 35.3 Å². The quantitative estimate of drug-likeness (QED) is 0.367. The molecule has 0 radical (unpaired) electrons. The minimum Gasteiger partial charge on any atom is -0.475 e. The van der Waals surface area contributed by atoms with Crippen LogP contribution in [0.4, 0.5) is 32.2 Å². The van der Waals surface area contributed by atoms with Crippen LogP contribution in [0.3, 0.4) is 0 Å². The van der Waals surface area contributed by atoms with E-state index < -0.39 is 35.8 Å². The standard InChI is InChI=1S/C21H22F3N9O.C2HF3O2/c1-12-18(13(2)31-30-12)15-6-28-33(9-15)20(4-5-25)10-32(11-20)17-8-26-16(7-27-17)19(34)29-14(3)21(22,23)24;3-2(4,5)1(6)7/h6-9,14H,4,10-11H2,1-3H3,(H,29,34)(H,30,31);(H,6,7)/t14-;/m0./s1. The molecule has 1 atom stereocenters. The van der Waals surface area contributed by atoms with Gasteiger partial charge in [0.05, 0.1) is 36.8 Å². The van der Waals surface area contributed by atoms with E-state index in [-0.39, 0.29) is 12.1 Å². The maximum Gasteiger partial charge on any atom is 0.490 e. The number of halogens is 6. The fourth-order valence-corrected chi connectivity index (χ4v) is 3.95. The van der Waals surface area contributed by atoms with Gasteiger partial charge in [0.1, 0.15) is 23.1 Å². The summed E-state index contributed by atoms with van der Waals surface area (Å²) < 4.78 is 71.5. The highest BCUT2D eigenvalue weighted by Gasteiger charge is 2.46. The number of nitriles is 1. The van der Waals surface area contributed by atoms with Gasteiger partial charge in [0.2, 0.25) is 0 Å². The molecule has 0 aromatic carbocycles. The molecule has 0 aliphatic carbocycles. The lowest BCUT2D eigenvalue weighted by Crippen LogP contribution is -2.63. The van der Waals surface area contributed by atoms with Crippen LogP contribution in [0.15, 0.2) is 24.8 Å². The largest absolute Gasteiger partial charge is 0.490 e. The second kappa shape index (κ2) is 11.4. The number of carboxylic acid groups (broad SMARTS) is 1. The Balaban J connectivity index is 0.000000587. The number of aliphatic carboxylic acids is 1. The number of H-pyrrole nitrogens is 1. The molecule has 12 nitrogen and oxygen atoms in total. The third-order valence-corrected chi connectivity index (χ3v) is 6.14. The highest BCUT2D eigenvalue weighted by molar-refractivity contribution is 5.92. The van der Waals surface area contributed by atoms with E-state index in [9.17, 15) is 36.4 Å². The van der Waals surface area contributed by atoms with Crippen molar-refractivity contribution in [3.63, 3.8) is 0 Å². The van der Waals surface area contributed by atoms with Crippen LogP contribution in [-0.2, 0) is 10.3 Å². The van der Waals surface area contributed by atoms with E-state index in [4.69, 9.17) is 9.90 Å². The molecule has 4 rings (SSSR count).